The molecule has 0 bridgehead atoms. The smallest absolute Gasteiger partial charge is 0.261 e. The van der Waals surface area contributed by atoms with Crippen LogP contribution in [0.15, 0.2) is 41.3 Å². The molecular formula is C21H23N3O6S2. The highest BCUT2D eigenvalue weighted by atomic mass is 32.2. The van der Waals surface area contributed by atoms with Gasteiger partial charge >= 0.3 is 0 Å². The van der Waals surface area contributed by atoms with Crippen molar-refractivity contribution in [3.05, 3.63) is 42.0 Å². The molecule has 0 radical (unpaired) electrons. The number of thiazole rings is 1. The Hall–Kier alpha value is -2.73. The second kappa shape index (κ2) is 9.41. The lowest BCUT2D eigenvalue weighted by Gasteiger charge is -2.26. The number of carbonyl (C=O) groups excluding carboxylic acids is 1. The van der Waals surface area contributed by atoms with E-state index in [0.717, 1.165) is 16.0 Å². The van der Waals surface area contributed by atoms with Crippen LogP contribution >= 0.6 is 11.3 Å². The number of nitrogens with one attached hydrogen (secondary N) is 1. The van der Waals surface area contributed by atoms with Crippen molar-refractivity contribution in [1.82, 2.24) is 9.29 Å². The summed E-state index contributed by atoms with van der Waals surface area (Å²) in [5.74, 6) is 0.484. The van der Waals surface area contributed by atoms with E-state index in [1.54, 1.807) is 0 Å². The molecule has 170 valence electrons. The summed E-state index contributed by atoms with van der Waals surface area (Å²) < 4.78 is 44.2. The fraction of sp³-hybridized carbons (Fsp3) is 0.333. The molecule has 0 unspecified atom stereocenters. The van der Waals surface area contributed by atoms with Crippen LogP contribution in [0, 0.1) is 0 Å². The van der Waals surface area contributed by atoms with Gasteiger partial charge in [0.2, 0.25) is 10.0 Å². The molecule has 3 aromatic rings. The Kier molecular flexibility index (Phi) is 6.60. The van der Waals surface area contributed by atoms with Crippen LogP contribution in [0.1, 0.15) is 17.3 Å². The Bertz CT molecular complexity index is 1240. The molecular weight excluding hydrogens is 454 g/mol. The van der Waals surface area contributed by atoms with Crippen LogP contribution in [-0.2, 0) is 14.8 Å². The minimum atomic E-state index is -3.76. The molecule has 0 spiro atoms. The fourth-order valence-corrected chi connectivity index (χ4v) is 5.66. The monoisotopic (exact) mass is 477 g/mol. The minimum Gasteiger partial charge on any atom is -0.496 e. The van der Waals surface area contributed by atoms with Gasteiger partial charge in [0.05, 0.1) is 47.6 Å². The first-order valence-electron chi connectivity index (χ1n) is 10.0. The number of carbonyl (C=O) groups is 1. The van der Waals surface area contributed by atoms with E-state index in [9.17, 15) is 13.2 Å². The molecule has 9 nitrogen and oxygen atoms in total. The van der Waals surface area contributed by atoms with Gasteiger partial charge in [0.1, 0.15) is 11.5 Å². The number of sulfonamides is 1. The van der Waals surface area contributed by atoms with Crippen molar-refractivity contribution in [3.63, 3.8) is 0 Å². The Morgan fingerprint density at radius 1 is 1.22 bits per heavy atom. The molecule has 0 aliphatic carbocycles. The average molecular weight is 478 g/mol. The zero-order valence-electron chi connectivity index (χ0n) is 17.7. The van der Waals surface area contributed by atoms with E-state index >= 15 is 0 Å². The molecule has 0 saturated carbocycles. The molecule has 0 atom stereocenters. The van der Waals surface area contributed by atoms with Crippen LogP contribution in [0.4, 0.5) is 5.13 Å². The number of aromatic nitrogens is 1. The van der Waals surface area contributed by atoms with Gasteiger partial charge in [0.15, 0.2) is 5.13 Å². The SMILES string of the molecule is CCOc1ccc2nc(NC(=O)c3cc(S(=O)(=O)N4CCOCC4)ccc3OC)sc2c1. The lowest BCUT2D eigenvalue weighted by atomic mass is 10.2. The van der Waals surface area contributed by atoms with Crippen molar-refractivity contribution in [3.8, 4) is 11.5 Å². The van der Waals surface area contributed by atoms with Crippen molar-refractivity contribution in [2.24, 2.45) is 0 Å². The Morgan fingerprint density at radius 3 is 2.72 bits per heavy atom. The first-order valence-corrected chi connectivity index (χ1v) is 12.3. The van der Waals surface area contributed by atoms with Crippen LogP contribution in [0.2, 0.25) is 0 Å². The lowest BCUT2D eigenvalue weighted by molar-refractivity contribution is 0.0730. The van der Waals surface area contributed by atoms with E-state index in [2.05, 4.69) is 10.3 Å². The molecule has 11 heteroatoms. The summed E-state index contributed by atoms with van der Waals surface area (Å²) in [6, 6.07) is 9.76. The number of methoxy groups -OCH3 is 1. The van der Waals surface area contributed by atoms with Crippen molar-refractivity contribution >= 4 is 42.6 Å². The number of rotatable bonds is 7. The summed E-state index contributed by atoms with van der Waals surface area (Å²) in [5, 5.41) is 3.14. The Morgan fingerprint density at radius 2 is 2.00 bits per heavy atom. The van der Waals surface area contributed by atoms with E-state index in [4.69, 9.17) is 14.2 Å². The van der Waals surface area contributed by atoms with Gasteiger partial charge in [-0.15, -0.1) is 0 Å². The molecule has 2 heterocycles. The molecule has 4 rings (SSSR count). The molecule has 1 N–H and O–H groups in total. The third kappa shape index (κ3) is 4.56. The number of anilines is 1. The molecule has 1 aliphatic heterocycles. The predicted molar refractivity (Wildman–Crippen MR) is 121 cm³/mol. The topological polar surface area (TPSA) is 107 Å². The maximum Gasteiger partial charge on any atom is 0.261 e. The molecule has 1 aliphatic rings. The maximum atomic E-state index is 13.0. The number of hydrogen-bond donors (Lipinski definition) is 1. The summed E-state index contributed by atoms with van der Waals surface area (Å²) in [6.45, 7) is 3.67. The second-order valence-corrected chi connectivity index (χ2v) is 9.88. The molecule has 1 saturated heterocycles. The number of amides is 1. The second-order valence-electron chi connectivity index (χ2n) is 6.91. The van der Waals surface area contributed by atoms with Gasteiger partial charge in [-0.25, -0.2) is 13.4 Å². The van der Waals surface area contributed by atoms with Crippen LogP contribution in [-0.4, -0.2) is 63.6 Å². The highest BCUT2D eigenvalue weighted by Crippen LogP contribution is 2.31. The number of fused-ring (bicyclic) bond motifs is 1. The van der Waals surface area contributed by atoms with Crippen LogP contribution in [0.5, 0.6) is 11.5 Å². The van der Waals surface area contributed by atoms with E-state index in [1.807, 2.05) is 25.1 Å². The van der Waals surface area contributed by atoms with Gasteiger partial charge in [-0.2, -0.15) is 4.31 Å². The minimum absolute atomic E-state index is 0.0241. The zero-order chi connectivity index (χ0) is 22.7. The van der Waals surface area contributed by atoms with Crippen molar-refractivity contribution in [2.75, 3.05) is 45.3 Å². The number of benzene rings is 2. The van der Waals surface area contributed by atoms with E-state index in [1.165, 1.54) is 41.0 Å². The van der Waals surface area contributed by atoms with E-state index in [0.29, 0.717) is 25.0 Å². The normalized spacial score (nSPS) is 14.9. The summed E-state index contributed by atoms with van der Waals surface area (Å²) in [4.78, 5) is 17.5. The van der Waals surface area contributed by atoms with E-state index in [-0.39, 0.29) is 29.3 Å². The van der Waals surface area contributed by atoms with E-state index < -0.39 is 15.9 Å². The van der Waals surface area contributed by atoms with Crippen molar-refractivity contribution in [2.45, 2.75) is 11.8 Å². The number of morpholine rings is 1. The maximum absolute atomic E-state index is 13.0. The molecule has 32 heavy (non-hydrogen) atoms. The highest BCUT2D eigenvalue weighted by molar-refractivity contribution is 7.89. The number of ether oxygens (including phenoxy) is 3. The number of hydrogen-bond acceptors (Lipinski definition) is 8. The summed E-state index contributed by atoms with van der Waals surface area (Å²) >= 11 is 1.30. The standard InChI is InChI=1S/C21H23N3O6S2/c1-3-30-14-4-6-17-19(12-14)31-21(22-17)23-20(25)16-13-15(5-7-18(16)28-2)32(26,27)24-8-10-29-11-9-24/h4-7,12-13H,3,8-11H2,1-2H3,(H,22,23,25). The summed E-state index contributed by atoms with van der Waals surface area (Å²) in [6.07, 6.45) is 0. The third-order valence-electron chi connectivity index (χ3n) is 4.91. The van der Waals surface area contributed by atoms with Gasteiger partial charge in [-0.1, -0.05) is 11.3 Å². The van der Waals surface area contributed by atoms with Crippen LogP contribution in [0.25, 0.3) is 10.2 Å². The largest absolute Gasteiger partial charge is 0.496 e. The average Bonchev–Trinajstić information content (AvgIpc) is 3.20. The van der Waals surface area contributed by atoms with Crippen molar-refractivity contribution in [1.29, 1.82) is 0 Å². The van der Waals surface area contributed by atoms with Gasteiger partial charge in [0.25, 0.3) is 5.91 Å². The third-order valence-corrected chi connectivity index (χ3v) is 7.74. The van der Waals surface area contributed by atoms with Crippen LogP contribution < -0.4 is 14.8 Å². The first-order chi connectivity index (χ1) is 15.4. The summed E-state index contributed by atoms with van der Waals surface area (Å²) in [7, 11) is -2.33. The molecule has 2 aromatic carbocycles. The zero-order valence-corrected chi connectivity index (χ0v) is 19.3. The lowest BCUT2D eigenvalue weighted by Crippen LogP contribution is -2.40. The molecule has 1 amide bonds. The van der Waals surface area contributed by atoms with Gasteiger partial charge in [-0.05, 0) is 43.3 Å². The Balaban J connectivity index is 1.61. The van der Waals surface area contributed by atoms with Crippen LogP contribution in [0.3, 0.4) is 0 Å². The molecule has 1 fully saturated rings. The fourth-order valence-electron chi connectivity index (χ4n) is 3.34. The Labute approximate surface area is 190 Å². The van der Waals surface area contributed by atoms with Crippen molar-refractivity contribution < 1.29 is 27.4 Å². The first kappa shape index (κ1) is 22.5. The van der Waals surface area contributed by atoms with Gasteiger partial charge in [-0.3, -0.25) is 10.1 Å². The quantitative estimate of drug-likeness (QED) is 0.557. The summed E-state index contributed by atoms with van der Waals surface area (Å²) in [5.41, 5.74) is 0.834. The van der Waals surface area contributed by atoms with Gasteiger partial charge in [0, 0.05) is 13.1 Å². The molecule has 1 aromatic heterocycles. The highest BCUT2D eigenvalue weighted by Gasteiger charge is 2.28. The van der Waals surface area contributed by atoms with Gasteiger partial charge < -0.3 is 14.2 Å². The predicted octanol–water partition coefficient (Wildman–Crippen LogP) is 2.98. The number of nitrogens with zero attached hydrogens (tertiary/aromatic N) is 2.